The quantitative estimate of drug-likeness (QED) is 0.250. The molecule has 2 unspecified atom stereocenters. The van der Waals surface area contributed by atoms with Crippen LogP contribution in [0.4, 0.5) is 10.5 Å². The molecule has 1 amide bonds. The molecular formula is C33H46ClN3O9. The molecule has 1 saturated carbocycles. The van der Waals surface area contributed by atoms with Crippen molar-refractivity contribution in [2.75, 3.05) is 32.3 Å². The number of nitrogens with zero attached hydrogens (tertiary/aromatic N) is 2. The molecule has 2 fully saturated rings. The van der Waals surface area contributed by atoms with Crippen molar-refractivity contribution in [2.45, 2.75) is 77.0 Å². The van der Waals surface area contributed by atoms with Gasteiger partial charge < -0.3 is 29.7 Å². The Hall–Kier alpha value is -2.90. The summed E-state index contributed by atoms with van der Waals surface area (Å²) >= 11 is 6.61. The molecule has 46 heavy (non-hydrogen) atoms. The molecule has 1 saturated heterocycles. The fourth-order valence-corrected chi connectivity index (χ4v) is 9.26. The van der Waals surface area contributed by atoms with E-state index in [0.29, 0.717) is 41.4 Å². The van der Waals surface area contributed by atoms with E-state index in [1.165, 1.54) is 19.1 Å². The second kappa shape index (κ2) is 12.6. The van der Waals surface area contributed by atoms with Crippen LogP contribution in [0.3, 0.4) is 0 Å². The van der Waals surface area contributed by atoms with Crippen LogP contribution in [-0.2, 0) is 29.5 Å². The molecule has 5 rings (SSSR count). The molecular weight excluding hydrogens is 618 g/mol. The number of fused-ring (bicyclic) bond motifs is 4. The minimum Gasteiger partial charge on any atom is -0.480 e. The predicted molar refractivity (Wildman–Crippen MR) is 169 cm³/mol. The van der Waals surface area contributed by atoms with Crippen LogP contribution in [0.2, 0.25) is 5.02 Å². The summed E-state index contributed by atoms with van der Waals surface area (Å²) in [6, 6.07) is 3.61. The van der Waals surface area contributed by atoms with Gasteiger partial charge in [-0.15, -0.1) is 0 Å². The van der Waals surface area contributed by atoms with Crippen LogP contribution in [0.5, 0.6) is 0 Å². The minimum atomic E-state index is -2.00. The molecule has 0 spiro atoms. The topological polar surface area (TPSA) is 158 Å². The number of carbonyl (C=O) groups excluding carboxylic acids is 2. The Kier molecular flexibility index (Phi) is 9.44. The maximum Gasteiger partial charge on any atom is 0.409 e. The van der Waals surface area contributed by atoms with Crippen molar-refractivity contribution >= 4 is 35.3 Å². The third kappa shape index (κ3) is 5.26. The van der Waals surface area contributed by atoms with Gasteiger partial charge >= 0.3 is 18.0 Å². The number of ether oxygens (including phenoxy) is 2. The number of hydroxylamine groups is 1. The molecule has 0 bridgehead atoms. The van der Waals surface area contributed by atoms with E-state index < -0.39 is 65.4 Å². The number of para-hydroxylation sites is 1. The maximum absolute atomic E-state index is 13.3. The average Bonchev–Trinajstić information content (AvgIpc) is 3.29. The van der Waals surface area contributed by atoms with Gasteiger partial charge in [-0.1, -0.05) is 43.7 Å². The first-order chi connectivity index (χ1) is 21.6. The fraction of sp³-hybridized carbons (Fsp3) is 0.667. The Morgan fingerprint density at radius 2 is 1.93 bits per heavy atom. The van der Waals surface area contributed by atoms with Crippen LogP contribution in [0.1, 0.15) is 53.0 Å². The first kappa shape index (κ1) is 34.4. The fourth-order valence-electron chi connectivity index (χ4n) is 8.97. The van der Waals surface area contributed by atoms with Crippen LogP contribution in [0.25, 0.3) is 0 Å². The smallest absolute Gasteiger partial charge is 0.409 e. The highest BCUT2D eigenvalue weighted by Gasteiger charge is 2.71. The third-order valence-corrected chi connectivity index (χ3v) is 11.4. The third-order valence-electron chi connectivity index (χ3n) is 11.1. The van der Waals surface area contributed by atoms with E-state index in [1.54, 1.807) is 30.1 Å². The molecule has 0 aromatic heterocycles. The van der Waals surface area contributed by atoms with Crippen molar-refractivity contribution in [2.24, 2.45) is 35.5 Å². The predicted octanol–water partition coefficient (Wildman–Crippen LogP) is 3.53. The highest BCUT2D eigenvalue weighted by molar-refractivity contribution is 6.33. The van der Waals surface area contributed by atoms with Gasteiger partial charge in [0.05, 0.1) is 23.4 Å². The summed E-state index contributed by atoms with van der Waals surface area (Å²) in [6.07, 6.45) is 0.581. The van der Waals surface area contributed by atoms with Gasteiger partial charge in [-0.3, -0.25) is 24.8 Å². The van der Waals surface area contributed by atoms with Gasteiger partial charge in [0, 0.05) is 50.4 Å². The number of aliphatic hydroxyl groups is 2. The minimum absolute atomic E-state index is 0.0861. The van der Waals surface area contributed by atoms with Crippen LogP contribution < -0.4 is 10.4 Å². The first-order valence-corrected chi connectivity index (χ1v) is 16.3. The van der Waals surface area contributed by atoms with Crippen LogP contribution in [-0.4, -0.2) is 89.5 Å². The summed E-state index contributed by atoms with van der Waals surface area (Å²) < 4.78 is 10.9. The number of halogens is 1. The van der Waals surface area contributed by atoms with Gasteiger partial charge in [-0.05, 0) is 56.1 Å². The van der Waals surface area contributed by atoms with E-state index in [2.05, 4.69) is 5.32 Å². The maximum atomic E-state index is 13.3. The molecule has 2 aliphatic heterocycles. The SMILES string of the molecule is CCN(CC(C)[C@@H]1CC[C@@H](C)[C@]2(O)C([C@H]3[C@@H](C(=O)O)N[C@@H]4ON(C)c5c(Cl)cccc5[C@@]43O)[C@@H](OC(C)=O)C(C)=C[C@H]12)C(=O)OC. The van der Waals surface area contributed by atoms with E-state index in [9.17, 15) is 29.7 Å². The zero-order valence-electron chi connectivity index (χ0n) is 27.4. The molecule has 0 radical (unpaired) electrons. The number of carbonyl (C=O) groups is 3. The Labute approximate surface area is 274 Å². The summed E-state index contributed by atoms with van der Waals surface area (Å²) in [5.41, 5.74) is -2.26. The lowest BCUT2D eigenvalue weighted by molar-refractivity contribution is -0.227. The highest BCUT2D eigenvalue weighted by Crippen LogP contribution is 2.61. The number of hydrogen-bond acceptors (Lipinski definition) is 10. The normalized spacial score (nSPS) is 37.3. The Morgan fingerprint density at radius 3 is 2.54 bits per heavy atom. The lowest BCUT2D eigenvalue weighted by Crippen LogP contribution is -2.67. The van der Waals surface area contributed by atoms with Gasteiger partial charge in [-0.25, -0.2) is 4.79 Å². The van der Waals surface area contributed by atoms with E-state index in [1.807, 2.05) is 33.8 Å². The Morgan fingerprint density at radius 1 is 1.24 bits per heavy atom. The highest BCUT2D eigenvalue weighted by atomic mass is 35.5. The molecule has 2 aliphatic carbocycles. The lowest BCUT2D eigenvalue weighted by atomic mass is 9.49. The van der Waals surface area contributed by atoms with Gasteiger partial charge in [0.25, 0.3) is 0 Å². The van der Waals surface area contributed by atoms with Crippen LogP contribution in [0.15, 0.2) is 29.8 Å². The van der Waals surface area contributed by atoms with E-state index in [0.717, 1.165) is 6.42 Å². The van der Waals surface area contributed by atoms with Crippen LogP contribution >= 0.6 is 11.6 Å². The van der Waals surface area contributed by atoms with Gasteiger partial charge in [0.1, 0.15) is 17.7 Å². The summed E-state index contributed by atoms with van der Waals surface area (Å²) in [6.45, 7) is 9.74. The standard InChI is InChI=1S/C33H46ClN3O9/c1-8-37(31(41)44-7)15-17(3)20-13-12-18(4)32(42)22(20)14-16(2)28(45-19(5)38)25(32)24-26(29(39)40)35-30-33(24,43)21-10-9-11-23(34)27(21)36(6)46-30/h9-11,14,17-18,20,22,24-26,28,30,35,42-43H,8,12-13,15H2,1-7H3,(H,39,40)/t17?,18-,20+,22-,24+,25?,26+,28+,30-,32-,33+/m1/s1. The number of benzene rings is 1. The first-order valence-electron chi connectivity index (χ1n) is 15.9. The Balaban J connectivity index is 1.71. The van der Waals surface area contributed by atoms with E-state index in [4.69, 9.17) is 25.9 Å². The van der Waals surface area contributed by atoms with E-state index in [-0.39, 0.29) is 17.8 Å². The molecule has 254 valence electrons. The van der Waals surface area contributed by atoms with Gasteiger partial charge in [-0.2, -0.15) is 0 Å². The number of amides is 1. The number of aliphatic carboxylic acids is 1. The molecule has 4 aliphatic rings. The van der Waals surface area contributed by atoms with Crippen molar-refractivity contribution in [3.05, 3.63) is 40.4 Å². The number of hydrogen-bond donors (Lipinski definition) is 4. The zero-order valence-corrected chi connectivity index (χ0v) is 28.2. The number of methoxy groups -OCH3 is 1. The number of nitrogens with one attached hydrogen (secondary N) is 1. The monoisotopic (exact) mass is 663 g/mol. The van der Waals surface area contributed by atoms with Crippen LogP contribution in [0, 0.1) is 35.5 Å². The molecule has 12 nitrogen and oxygen atoms in total. The summed E-state index contributed by atoms with van der Waals surface area (Å²) in [7, 11) is 2.96. The molecule has 4 N–H and O–H groups in total. The molecule has 1 aromatic carbocycles. The zero-order chi connectivity index (χ0) is 33.9. The molecule has 1 aromatic rings. The van der Waals surface area contributed by atoms with Gasteiger partial charge in [0.15, 0.2) is 6.23 Å². The number of carboxylic acid groups (broad SMARTS) is 1. The molecule has 13 heteroatoms. The van der Waals surface area contributed by atoms with Crippen molar-refractivity contribution in [3.63, 3.8) is 0 Å². The number of anilines is 1. The number of rotatable bonds is 7. The number of esters is 1. The number of carboxylic acids is 1. The molecule has 2 heterocycles. The van der Waals surface area contributed by atoms with Crippen molar-refractivity contribution in [1.29, 1.82) is 0 Å². The Bertz CT molecular complexity index is 1410. The summed E-state index contributed by atoms with van der Waals surface area (Å²) in [5.74, 6) is -5.27. The lowest BCUT2D eigenvalue weighted by Gasteiger charge is -2.60. The summed E-state index contributed by atoms with van der Waals surface area (Å²) in [5, 5.41) is 41.5. The van der Waals surface area contributed by atoms with E-state index >= 15 is 0 Å². The molecule has 11 atom stereocenters. The van der Waals surface area contributed by atoms with Crippen molar-refractivity contribution < 1.29 is 44.0 Å². The largest absolute Gasteiger partial charge is 0.480 e. The summed E-state index contributed by atoms with van der Waals surface area (Å²) in [4.78, 5) is 45.9. The van der Waals surface area contributed by atoms with Gasteiger partial charge in [0.2, 0.25) is 0 Å². The second-order valence-electron chi connectivity index (χ2n) is 13.5. The van der Waals surface area contributed by atoms with Crippen molar-refractivity contribution in [1.82, 2.24) is 10.2 Å². The second-order valence-corrected chi connectivity index (χ2v) is 13.9. The average molecular weight is 664 g/mol. The van der Waals surface area contributed by atoms with Crippen molar-refractivity contribution in [3.8, 4) is 0 Å².